The van der Waals surface area contributed by atoms with Crippen LogP contribution in [0.15, 0.2) is 47.4 Å². The molecule has 25 heavy (non-hydrogen) atoms. The molecule has 1 N–H and O–H groups in total. The van der Waals surface area contributed by atoms with Gasteiger partial charge in [0, 0.05) is 6.04 Å². The topological polar surface area (TPSA) is 81.7 Å². The van der Waals surface area contributed by atoms with Crippen LogP contribution in [-0.2, 0) is 10.0 Å². The van der Waals surface area contributed by atoms with Crippen LogP contribution in [0.2, 0.25) is 5.02 Å². The minimum absolute atomic E-state index is 0.0600. The van der Waals surface area contributed by atoms with Gasteiger partial charge < -0.3 is 9.47 Å². The molecule has 134 valence electrons. The van der Waals surface area contributed by atoms with E-state index in [9.17, 15) is 13.2 Å². The number of hydrogen-bond acceptors (Lipinski definition) is 5. The zero-order valence-electron chi connectivity index (χ0n) is 13.9. The van der Waals surface area contributed by atoms with Crippen molar-refractivity contribution in [3.05, 3.63) is 53.1 Å². The third-order valence-corrected chi connectivity index (χ3v) is 5.11. The molecule has 0 fully saturated rings. The quantitative estimate of drug-likeness (QED) is 0.611. The maximum absolute atomic E-state index is 12.4. The molecule has 0 aliphatic rings. The molecule has 0 aliphatic heterocycles. The van der Waals surface area contributed by atoms with Crippen LogP contribution in [0.4, 0.5) is 0 Å². The summed E-state index contributed by atoms with van der Waals surface area (Å²) >= 11 is 5.96. The molecule has 0 aromatic heterocycles. The van der Waals surface area contributed by atoms with Gasteiger partial charge in [-0.25, -0.2) is 17.9 Å². The van der Waals surface area contributed by atoms with Crippen molar-refractivity contribution in [3.8, 4) is 11.5 Å². The second kappa shape index (κ2) is 7.86. The first kappa shape index (κ1) is 19.2. The molecule has 0 heterocycles. The number of benzene rings is 2. The van der Waals surface area contributed by atoms with Gasteiger partial charge in [-0.1, -0.05) is 23.7 Å². The van der Waals surface area contributed by atoms with Gasteiger partial charge in [-0.15, -0.1) is 0 Å². The van der Waals surface area contributed by atoms with Crippen LogP contribution in [0.1, 0.15) is 24.2 Å². The summed E-state index contributed by atoms with van der Waals surface area (Å²) in [7, 11) is -2.50. The van der Waals surface area contributed by atoms with Crippen LogP contribution in [0, 0.1) is 0 Å². The molecular weight excluding hydrogens is 366 g/mol. The third kappa shape index (κ3) is 4.72. The zero-order valence-corrected chi connectivity index (χ0v) is 15.5. The number of methoxy groups -OCH3 is 1. The highest BCUT2D eigenvalue weighted by atomic mass is 35.5. The Hall–Kier alpha value is -2.09. The molecule has 2 aromatic rings. The Bertz CT molecular complexity index is 880. The lowest BCUT2D eigenvalue weighted by atomic mass is 10.2. The molecule has 6 nitrogen and oxygen atoms in total. The minimum atomic E-state index is -3.85. The lowest BCUT2D eigenvalue weighted by molar-refractivity contribution is 0.0734. The number of ether oxygens (including phenoxy) is 2. The maximum atomic E-state index is 12.4. The van der Waals surface area contributed by atoms with E-state index in [1.165, 1.54) is 25.3 Å². The predicted molar refractivity (Wildman–Crippen MR) is 94.9 cm³/mol. The third-order valence-electron chi connectivity index (χ3n) is 3.12. The normalized spacial score (nSPS) is 11.4. The molecule has 2 aromatic carbocycles. The van der Waals surface area contributed by atoms with Gasteiger partial charge in [0.05, 0.1) is 17.7 Å². The van der Waals surface area contributed by atoms with Crippen LogP contribution in [0.25, 0.3) is 0 Å². The van der Waals surface area contributed by atoms with Crippen LogP contribution in [-0.4, -0.2) is 27.5 Å². The molecule has 0 radical (unpaired) electrons. The van der Waals surface area contributed by atoms with Gasteiger partial charge in [0.25, 0.3) is 0 Å². The predicted octanol–water partition coefficient (Wildman–Crippen LogP) is 3.25. The van der Waals surface area contributed by atoms with Crippen LogP contribution < -0.4 is 14.2 Å². The lowest BCUT2D eigenvalue weighted by Gasteiger charge is -2.14. The molecule has 0 bridgehead atoms. The number of carbonyl (C=O) groups is 1. The average molecular weight is 384 g/mol. The number of halogens is 1. The summed E-state index contributed by atoms with van der Waals surface area (Å²) in [5.41, 5.74) is 0.0600. The van der Waals surface area contributed by atoms with Crippen molar-refractivity contribution in [1.82, 2.24) is 4.72 Å². The second-order valence-corrected chi connectivity index (χ2v) is 7.55. The summed E-state index contributed by atoms with van der Waals surface area (Å²) in [5.74, 6) is -0.408. The van der Waals surface area contributed by atoms with Gasteiger partial charge in [0.1, 0.15) is 16.4 Å². The van der Waals surface area contributed by atoms with E-state index < -0.39 is 16.0 Å². The second-order valence-electron chi connectivity index (χ2n) is 5.46. The van der Waals surface area contributed by atoms with Crippen molar-refractivity contribution in [2.45, 2.75) is 24.8 Å². The first-order valence-corrected chi connectivity index (χ1v) is 9.28. The Morgan fingerprint density at radius 2 is 1.80 bits per heavy atom. The summed E-state index contributed by atoms with van der Waals surface area (Å²) in [6.45, 7) is 3.39. The van der Waals surface area contributed by atoms with Crippen molar-refractivity contribution in [1.29, 1.82) is 0 Å². The first-order valence-electron chi connectivity index (χ1n) is 7.41. The minimum Gasteiger partial charge on any atom is -0.495 e. The molecule has 2 rings (SSSR count). The van der Waals surface area contributed by atoms with Gasteiger partial charge in [-0.05, 0) is 44.2 Å². The SMILES string of the molecule is COc1ccc(C(=O)Oc2ccccc2Cl)cc1S(=O)(=O)NC(C)C. The molecule has 0 unspecified atom stereocenters. The van der Waals surface area contributed by atoms with E-state index >= 15 is 0 Å². The van der Waals surface area contributed by atoms with E-state index in [0.717, 1.165) is 0 Å². The number of carbonyl (C=O) groups excluding carboxylic acids is 1. The molecule has 0 saturated heterocycles. The molecule has 0 aliphatic carbocycles. The number of nitrogens with one attached hydrogen (secondary N) is 1. The van der Waals surface area contributed by atoms with Crippen LogP contribution in [0.3, 0.4) is 0 Å². The maximum Gasteiger partial charge on any atom is 0.343 e. The standard InChI is InChI=1S/C17H18ClNO5S/c1-11(2)19-25(21,22)16-10-12(8-9-15(16)23-3)17(20)24-14-7-5-4-6-13(14)18/h4-11,19H,1-3H3. The number of para-hydroxylation sites is 1. The number of rotatable bonds is 6. The molecule has 8 heteroatoms. The highest BCUT2D eigenvalue weighted by Crippen LogP contribution is 2.27. The molecule has 0 amide bonds. The van der Waals surface area contributed by atoms with E-state index in [0.29, 0.717) is 0 Å². The van der Waals surface area contributed by atoms with Crippen LogP contribution in [0.5, 0.6) is 11.5 Å². The fourth-order valence-corrected chi connectivity index (χ4v) is 3.69. The molecule has 0 atom stereocenters. The molecule has 0 saturated carbocycles. The van der Waals surface area contributed by atoms with Gasteiger partial charge >= 0.3 is 5.97 Å². The zero-order chi connectivity index (χ0) is 18.6. The van der Waals surface area contributed by atoms with E-state index in [-0.39, 0.29) is 33.0 Å². The van der Waals surface area contributed by atoms with Gasteiger partial charge in [-0.2, -0.15) is 0 Å². The Labute approximate surface area is 151 Å². The Balaban J connectivity index is 2.38. The van der Waals surface area contributed by atoms with E-state index in [1.807, 2.05) is 0 Å². The number of hydrogen-bond donors (Lipinski definition) is 1. The first-order chi connectivity index (χ1) is 11.7. The Morgan fingerprint density at radius 1 is 1.12 bits per heavy atom. The summed E-state index contributed by atoms with van der Waals surface area (Å²) < 4.78 is 37.7. The largest absolute Gasteiger partial charge is 0.495 e. The molecular formula is C17H18ClNO5S. The Kier molecular flexibility index (Phi) is 6.05. The van der Waals surface area contributed by atoms with Crippen molar-refractivity contribution in [2.24, 2.45) is 0 Å². The Morgan fingerprint density at radius 3 is 2.40 bits per heavy atom. The van der Waals surface area contributed by atoms with Gasteiger partial charge in [0.15, 0.2) is 0 Å². The van der Waals surface area contributed by atoms with Gasteiger partial charge in [-0.3, -0.25) is 0 Å². The summed E-state index contributed by atoms with van der Waals surface area (Å²) in [4.78, 5) is 12.2. The fraction of sp³-hybridized carbons (Fsp3) is 0.235. The number of sulfonamides is 1. The van der Waals surface area contributed by atoms with E-state index in [1.54, 1.807) is 38.1 Å². The summed E-state index contributed by atoms with van der Waals surface area (Å²) in [6, 6.07) is 10.2. The van der Waals surface area contributed by atoms with E-state index in [2.05, 4.69) is 4.72 Å². The number of esters is 1. The van der Waals surface area contributed by atoms with Crippen molar-refractivity contribution in [3.63, 3.8) is 0 Å². The lowest BCUT2D eigenvalue weighted by Crippen LogP contribution is -2.30. The molecule has 0 spiro atoms. The van der Waals surface area contributed by atoms with Gasteiger partial charge in [0.2, 0.25) is 10.0 Å². The summed E-state index contributed by atoms with van der Waals surface area (Å²) in [5, 5.41) is 0.277. The summed E-state index contributed by atoms with van der Waals surface area (Å²) in [6.07, 6.45) is 0. The average Bonchev–Trinajstić information content (AvgIpc) is 2.55. The van der Waals surface area contributed by atoms with Crippen molar-refractivity contribution >= 4 is 27.6 Å². The van der Waals surface area contributed by atoms with E-state index in [4.69, 9.17) is 21.1 Å². The monoisotopic (exact) mass is 383 g/mol. The highest BCUT2D eigenvalue weighted by Gasteiger charge is 2.23. The highest BCUT2D eigenvalue weighted by molar-refractivity contribution is 7.89. The van der Waals surface area contributed by atoms with Crippen LogP contribution >= 0.6 is 11.6 Å². The van der Waals surface area contributed by atoms with Crippen molar-refractivity contribution in [2.75, 3.05) is 7.11 Å². The van der Waals surface area contributed by atoms with Crippen molar-refractivity contribution < 1.29 is 22.7 Å². The fourth-order valence-electron chi connectivity index (χ4n) is 2.07. The smallest absolute Gasteiger partial charge is 0.343 e.